The molecule has 6 heteroatoms. The molecule has 1 fully saturated rings. The van der Waals surface area contributed by atoms with Crippen molar-refractivity contribution in [1.82, 2.24) is 9.97 Å². The van der Waals surface area contributed by atoms with Crippen molar-refractivity contribution < 1.29 is 4.79 Å². The summed E-state index contributed by atoms with van der Waals surface area (Å²) in [4.78, 5) is 22.3. The topological polar surface area (TPSA) is 84.1 Å². The third kappa shape index (κ3) is 3.32. The van der Waals surface area contributed by atoms with Gasteiger partial charge < -0.3 is 16.0 Å². The Morgan fingerprint density at radius 3 is 2.67 bits per heavy atom. The number of piperidine rings is 1. The van der Waals surface area contributed by atoms with Gasteiger partial charge >= 0.3 is 0 Å². The normalized spacial score (nSPS) is 17.6. The van der Waals surface area contributed by atoms with Crippen LogP contribution in [0.3, 0.4) is 0 Å². The number of carbonyl (C=O) groups is 1. The predicted octanol–water partition coefficient (Wildman–Crippen LogP) is 3.38. The maximum absolute atomic E-state index is 11.4. The van der Waals surface area contributed by atoms with E-state index in [1.54, 1.807) is 25.4 Å². The number of anilines is 4. The van der Waals surface area contributed by atoms with Crippen LogP contribution in [0.2, 0.25) is 0 Å². The second-order valence-electron chi connectivity index (χ2n) is 6.26. The minimum absolute atomic E-state index is 0.0458. The van der Waals surface area contributed by atoms with Gasteiger partial charge in [-0.05, 0) is 57.4 Å². The lowest BCUT2D eigenvalue weighted by Gasteiger charge is -2.35. The highest BCUT2D eigenvalue weighted by Crippen LogP contribution is 2.32. The summed E-state index contributed by atoms with van der Waals surface area (Å²) >= 11 is 0. The van der Waals surface area contributed by atoms with E-state index in [2.05, 4.69) is 27.1 Å². The molecule has 0 saturated carbocycles. The lowest BCUT2D eigenvalue weighted by molar-refractivity contribution is 0.101. The smallest absolute Gasteiger partial charge is 0.159 e. The lowest BCUT2D eigenvalue weighted by atomic mass is 10.0. The zero-order chi connectivity index (χ0) is 17.1. The fourth-order valence-corrected chi connectivity index (χ4v) is 3.05. The number of ketones is 1. The molecule has 6 nitrogen and oxygen atoms in total. The molecule has 126 valence electrons. The summed E-state index contributed by atoms with van der Waals surface area (Å²) in [6.07, 6.45) is 5.09. The first-order valence-electron chi connectivity index (χ1n) is 8.31. The van der Waals surface area contributed by atoms with Gasteiger partial charge in [-0.1, -0.05) is 0 Å². The minimum Gasteiger partial charge on any atom is -0.393 e. The van der Waals surface area contributed by atoms with Gasteiger partial charge in [-0.15, -0.1) is 0 Å². The van der Waals surface area contributed by atoms with Gasteiger partial charge in [0, 0.05) is 23.8 Å². The van der Waals surface area contributed by atoms with Crippen molar-refractivity contribution in [2.75, 3.05) is 22.5 Å². The zero-order valence-electron chi connectivity index (χ0n) is 14.1. The van der Waals surface area contributed by atoms with Crippen molar-refractivity contribution in [1.29, 1.82) is 0 Å². The summed E-state index contributed by atoms with van der Waals surface area (Å²) in [5.74, 6) is 1.43. The second kappa shape index (κ2) is 6.86. The Hall–Kier alpha value is -2.63. The molecule has 0 aliphatic carbocycles. The first-order chi connectivity index (χ1) is 11.6. The molecule has 0 bridgehead atoms. The molecule has 1 atom stereocenters. The summed E-state index contributed by atoms with van der Waals surface area (Å²) < 4.78 is 0. The van der Waals surface area contributed by atoms with Gasteiger partial charge in [0.05, 0.1) is 0 Å². The molecular weight excluding hydrogens is 302 g/mol. The van der Waals surface area contributed by atoms with Gasteiger partial charge in [0.1, 0.15) is 12.0 Å². The maximum Gasteiger partial charge on any atom is 0.159 e. The summed E-state index contributed by atoms with van der Waals surface area (Å²) in [6, 6.07) is 7.70. The van der Waals surface area contributed by atoms with E-state index in [4.69, 9.17) is 5.73 Å². The Balaban J connectivity index is 1.83. The molecule has 0 radical (unpaired) electrons. The molecule has 2 heterocycles. The molecule has 0 amide bonds. The molecule has 24 heavy (non-hydrogen) atoms. The molecule has 3 N–H and O–H groups in total. The Kier molecular flexibility index (Phi) is 4.64. The number of benzene rings is 1. The van der Waals surface area contributed by atoms with E-state index in [9.17, 15) is 4.79 Å². The molecule has 1 saturated heterocycles. The number of nitrogens with two attached hydrogens (primary N) is 1. The van der Waals surface area contributed by atoms with Gasteiger partial charge in [-0.25, -0.2) is 9.97 Å². The number of hydrogen-bond donors (Lipinski definition) is 2. The highest BCUT2D eigenvalue weighted by Gasteiger charge is 2.23. The third-order valence-electron chi connectivity index (χ3n) is 4.49. The highest BCUT2D eigenvalue weighted by atomic mass is 16.1. The number of nitrogen functional groups attached to an aromatic ring is 1. The van der Waals surface area contributed by atoms with Crippen molar-refractivity contribution in [3.05, 3.63) is 36.2 Å². The number of carbonyl (C=O) groups excluding carboxylic acids is 1. The van der Waals surface area contributed by atoms with Gasteiger partial charge in [0.15, 0.2) is 17.4 Å². The van der Waals surface area contributed by atoms with Crippen molar-refractivity contribution >= 4 is 28.8 Å². The molecule has 0 spiro atoms. The van der Waals surface area contributed by atoms with Crippen LogP contribution >= 0.6 is 0 Å². The van der Waals surface area contributed by atoms with Gasteiger partial charge in [0.2, 0.25) is 0 Å². The largest absolute Gasteiger partial charge is 0.393 e. The number of nitrogens with one attached hydrogen (secondary N) is 1. The number of rotatable bonds is 4. The molecule has 1 aliphatic heterocycles. The van der Waals surface area contributed by atoms with Crippen LogP contribution in [0.4, 0.5) is 23.0 Å². The first-order valence-corrected chi connectivity index (χ1v) is 8.31. The van der Waals surface area contributed by atoms with Crippen molar-refractivity contribution in [3.8, 4) is 0 Å². The van der Waals surface area contributed by atoms with Gasteiger partial charge in [-0.3, -0.25) is 4.79 Å². The SMILES string of the molecule is CC(=O)c1ccc(Nc2ncnc(N3CCCCC3C)c2N)cc1. The van der Waals surface area contributed by atoms with Crippen LogP contribution in [0.15, 0.2) is 30.6 Å². The van der Waals surface area contributed by atoms with E-state index >= 15 is 0 Å². The summed E-state index contributed by atoms with van der Waals surface area (Å²) in [6.45, 7) is 4.72. The van der Waals surface area contributed by atoms with E-state index in [0.29, 0.717) is 23.1 Å². The summed E-state index contributed by atoms with van der Waals surface area (Å²) in [7, 11) is 0. The van der Waals surface area contributed by atoms with E-state index in [0.717, 1.165) is 30.9 Å². The molecule has 1 unspecified atom stereocenters. The van der Waals surface area contributed by atoms with Gasteiger partial charge in [0.25, 0.3) is 0 Å². The third-order valence-corrected chi connectivity index (χ3v) is 4.49. The van der Waals surface area contributed by atoms with Crippen LogP contribution in [0.25, 0.3) is 0 Å². The summed E-state index contributed by atoms with van der Waals surface area (Å²) in [5.41, 5.74) is 8.39. The fraction of sp³-hybridized carbons (Fsp3) is 0.389. The molecule has 1 aliphatic rings. The monoisotopic (exact) mass is 325 g/mol. The van der Waals surface area contributed by atoms with Crippen LogP contribution in [0.5, 0.6) is 0 Å². The Morgan fingerprint density at radius 2 is 2.00 bits per heavy atom. The van der Waals surface area contributed by atoms with Crippen molar-refractivity contribution in [3.63, 3.8) is 0 Å². The quantitative estimate of drug-likeness (QED) is 0.838. The molecule has 1 aromatic heterocycles. The zero-order valence-corrected chi connectivity index (χ0v) is 14.1. The molecular formula is C18H23N5O. The fourth-order valence-electron chi connectivity index (χ4n) is 3.05. The van der Waals surface area contributed by atoms with E-state index in [1.807, 2.05) is 12.1 Å². The number of nitrogens with zero attached hydrogens (tertiary/aromatic N) is 3. The minimum atomic E-state index is 0.0458. The van der Waals surface area contributed by atoms with E-state index < -0.39 is 0 Å². The van der Waals surface area contributed by atoms with Crippen LogP contribution in [0.1, 0.15) is 43.5 Å². The molecule has 2 aromatic rings. The number of aromatic nitrogens is 2. The standard InChI is InChI=1S/C18H23N5O/c1-12-5-3-4-10-23(12)18-16(19)17(20-11-21-18)22-15-8-6-14(7-9-15)13(2)24/h6-9,11-12H,3-5,10,19H2,1-2H3,(H,20,21,22). The highest BCUT2D eigenvalue weighted by molar-refractivity contribution is 5.94. The Bertz CT molecular complexity index is 729. The van der Waals surface area contributed by atoms with E-state index in [-0.39, 0.29) is 5.78 Å². The van der Waals surface area contributed by atoms with Crippen molar-refractivity contribution in [2.24, 2.45) is 0 Å². The Labute approximate surface area is 142 Å². The first kappa shape index (κ1) is 16.2. The Morgan fingerprint density at radius 1 is 1.25 bits per heavy atom. The van der Waals surface area contributed by atoms with E-state index in [1.165, 1.54) is 6.42 Å². The summed E-state index contributed by atoms with van der Waals surface area (Å²) in [5, 5.41) is 3.22. The van der Waals surface area contributed by atoms with Crippen LogP contribution < -0.4 is 16.0 Å². The second-order valence-corrected chi connectivity index (χ2v) is 6.26. The van der Waals surface area contributed by atoms with Crippen LogP contribution in [-0.4, -0.2) is 28.3 Å². The number of Topliss-reactive ketones (excluding diaryl/α,β-unsaturated/α-hetero) is 1. The average molecular weight is 325 g/mol. The average Bonchev–Trinajstić information content (AvgIpc) is 2.58. The van der Waals surface area contributed by atoms with Crippen LogP contribution in [0, 0.1) is 0 Å². The predicted molar refractivity (Wildman–Crippen MR) is 96.8 cm³/mol. The van der Waals surface area contributed by atoms with Gasteiger partial charge in [-0.2, -0.15) is 0 Å². The molecule has 1 aromatic carbocycles. The van der Waals surface area contributed by atoms with Crippen LogP contribution in [-0.2, 0) is 0 Å². The maximum atomic E-state index is 11.4. The van der Waals surface area contributed by atoms with Crippen molar-refractivity contribution in [2.45, 2.75) is 39.2 Å². The molecule has 3 rings (SSSR count). The lowest BCUT2D eigenvalue weighted by Crippen LogP contribution is -2.38. The number of hydrogen-bond acceptors (Lipinski definition) is 6.